The zero-order valence-electron chi connectivity index (χ0n) is 24.1. The number of methoxy groups -OCH3 is 1. The highest BCUT2D eigenvalue weighted by molar-refractivity contribution is 7.92. The number of hydrogen-bond acceptors (Lipinski definition) is 7. The van der Waals surface area contributed by atoms with Crippen molar-refractivity contribution in [1.29, 1.82) is 0 Å². The average molecular weight is 585 g/mol. The second-order valence-electron chi connectivity index (χ2n) is 11.1. The molecule has 0 spiro atoms. The molecule has 0 saturated heterocycles. The van der Waals surface area contributed by atoms with Crippen LogP contribution in [-0.2, 0) is 22.0 Å². The minimum Gasteiger partial charge on any atom is -0.496 e. The first-order valence-corrected chi connectivity index (χ1v) is 15.2. The predicted molar refractivity (Wildman–Crippen MR) is 166 cm³/mol. The number of fused-ring (bicyclic) bond motifs is 1. The van der Waals surface area contributed by atoms with E-state index in [1.165, 1.54) is 6.07 Å². The molecule has 3 aromatic carbocycles. The van der Waals surface area contributed by atoms with E-state index in [-0.39, 0.29) is 16.5 Å². The van der Waals surface area contributed by atoms with E-state index in [4.69, 9.17) is 13.9 Å². The molecule has 0 aliphatic rings. The number of nitrogens with zero attached hydrogens (tertiary/aromatic N) is 1. The van der Waals surface area contributed by atoms with Crippen LogP contribution in [0.25, 0.3) is 33.2 Å². The third kappa shape index (κ3) is 6.31. The van der Waals surface area contributed by atoms with Gasteiger partial charge in [-0.3, -0.25) is 4.72 Å². The van der Waals surface area contributed by atoms with Crippen LogP contribution in [0, 0.1) is 0 Å². The maximum absolute atomic E-state index is 13.2. The molecule has 2 aromatic heterocycles. The van der Waals surface area contributed by atoms with E-state index in [2.05, 4.69) is 36.5 Å². The van der Waals surface area contributed by atoms with Crippen LogP contribution in [0.5, 0.6) is 11.6 Å². The predicted octanol–water partition coefficient (Wildman–Crippen LogP) is 6.78. The minimum absolute atomic E-state index is 0.252. The third-order valence-electron chi connectivity index (χ3n) is 6.73. The summed E-state index contributed by atoms with van der Waals surface area (Å²) >= 11 is 0. The Morgan fingerprint density at radius 1 is 0.929 bits per heavy atom. The van der Waals surface area contributed by atoms with Gasteiger partial charge < -0.3 is 13.9 Å². The molecule has 5 aromatic rings. The Morgan fingerprint density at radius 3 is 2.38 bits per heavy atom. The molecular formula is C33H32N2O6S. The monoisotopic (exact) mass is 584 g/mol. The number of sulfonamides is 1. The lowest BCUT2D eigenvalue weighted by atomic mass is 9.82. The number of hydrogen-bond donors (Lipinski definition) is 1. The van der Waals surface area contributed by atoms with Gasteiger partial charge in [0.15, 0.2) is 0 Å². The van der Waals surface area contributed by atoms with Gasteiger partial charge in [0.1, 0.15) is 18.1 Å². The molecule has 1 N–H and O–H groups in total. The standard InChI is InChI=1S/C33H32N2O6S/c1-33(2,3)28-17-23(25-12-9-15-34-31(25)40-20-21-10-7-6-8-11-21)16-27(30(28)39-4)29-18-22-13-14-24(35-42(5,37)38)19-26(22)32(36)41-29/h6-19,35H,20H2,1-5H3. The SMILES string of the molecule is COc1c(-c2cc3ccc(NS(C)(=O)=O)cc3c(=O)o2)cc(-c2cccnc2OCc2ccccc2)cc1C(C)(C)C. The lowest BCUT2D eigenvalue weighted by Crippen LogP contribution is -2.14. The zero-order valence-corrected chi connectivity index (χ0v) is 24.9. The fourth-order valence-corrected chi connectivity index (χ4v) is 5.35. The maximum atomic E-state index is 13.2. The fraction of sp³-hybridized carbons (Fsp3) is 0.212. The van der Waals surface area contributed by atoms with E-state index in [0.29, 0.717) is 34.9 Å². The normalized spacial score (nSPS) is 11.8. The van der Waals surface area contributed by atoms with E-state index in [1.807, 2.05) is 48.5 Å². The van der Waals surface area contributed by atoms with E-state index in [0.717, 1.165) is 28.5 Å². The first-order valence-electron chi connectivity index (χ1n) is 13.3. The number of pyridine rings is 1. The number of anilines is 1. The summed E-state index contributed by atoms with van der Waals surface area (Å²) < 4.78 is 43.7. The van der Waals surface area contributed by atoms with Gasteiger partial charge in [-0.05, 0) is 64.4 Å². The summed E-state index contributed by atoms with van der Waals surface area (Å²) in [4.78, 5) is 17.7. The molecule has 216 valence electrons. The summed E-state index contributed by atoms with van der Waals surface area (Å²) in [6.45, 7) is 6.61. The van der Waals surface area contributed by atoms with Crippen LogP contribution < -0.4 is 19.8 Å². The van der Waals surface area contributed by atoms with E-state index < -0.39 is 15.6 Å². The van der Waals surface area contributed by atoms with Crippen molar-refractivity contribution < 1.29 is 22.3 Å². The van der Waals surface area contributed by atoms with Gasteiger partial charge in [-0.2, -0.15) is 0 Å². The number of ether oxygens (including phenoxy) is 2. The van der Waals surface area contributed by atoms with Gasteiger partial charge in [0.2, 0.25) is 15.9 Å². The number of nitrogens with one attached hydrogen (secondary N) is 1. The van der Waals surface area contributed by atoms with Crippen molar-refractivity contribution >= 4 is 26.5 Å². The molecule has 0 amide bonds. The van der Waals surface area contributed by atoms with Crippen LogP contribution in [0.4, 0.5) is 5.69 Å². The highest BCUT2D eigenvalue weighted by atomic mass is 32.2. The van der Waals surface area contributed by atoms with Gasteiger partial charge in [0, 0.05) is 23.0 Å². The van der Waals surface area contributed by atoms with Crippen LogP contribution in [0.2, 0.25) is 0 Å². The van der Waals surface area contributed by atoms with Crippen molar-refractivity contribution in [3.05, 3.63) is 107 Å². The minimum atomic E-state index is -3.51. The van der Waals surface area contributed by atoms with Crippen LogP contribution in [-0.4, -0.2) is 26.8 Å². The summed E-state index contributed by atoms with van der Waals surface area (Å²) in [5, 5.41) is 0.848. The van der Waals surface area contributed by atoms with Gasteiger partial charge in [-0.15, -0.1) is 0 Å². The highest BCUT2D eigenvalue weighted by Gasteiger charge is 2.26. The third-order valence-corrected chi connectivity index (χ3v) is 7.34. The Bertz CT molecular complexity index is 1930. The van der Waals surface area contributed by atoms with Crippen LogP contribution in [0.15, 0.2) is 94.3 Å². The van der Waals surface area contributed by atoms with E-state index >= 15 is 0 Å². The van der Waals surface area contributed by atoms with Crippen molar-refractivity contribution in [3.63, 3.8) is 0 Å². The Kier molecular flexibility index (Phi) is 7.79. The van der Waals surface area contributed by atoms with Crippen molar-refractivity contribution in [2.24, 2.45) is 0 Å². The highest BCUT2D eigenvalue weighted by Crippen LogP contribution is 2.44. The fourth-order valence-electron chi connectivity index (χ4n) is 4.79. The van der Waals surface area contributed by atoms with Gasteiger partial charge in [0.25, 0.3) is 0 Å². The lowest BCUT2D eigenvalue weighted by Gasteiger charge is -2.25. The average Bonchev–Trinajstić information content (AvgIpc) is 2.95. The Labute approximate surface area is 245 Å². The summed E-state index contributed by atoms with van der Waals surface area (Å²) in [7, 11) is -1.92. The van der Waals surface area contributed by atoms with E-state index in [1.54, 1.807) is 31.5 Å². The second kappa shape index (κ2) is 11.3. The Hall–Kier alpha value is -4.63. The quantitative estimate of drug-likeness (QED) is 0.214. The Morgan fingerprint density at radius 2 is 1.69 bits per heavy atom. The zero-order chi connectivity index (χ0) is 30.1. The number of aromatic nitrogens is 1. The summed E-state index contributed by atoms with van der Waals surface area (Å²) in [5.74, 6) is 1.37. The maximum Gasteiger partial charge on any atom is 0.344 e. The van der Waals surface area contributed by atoms with Gasteiger partial charge in [-0.1, -0.05) is 57.2 Å². The molecule has 8 nitrogen and oxygen atoms in total. The summed E-state index contributed by atoms with van der Waals surface area (Å²) in [5.41, 5.74) is 3.47. The van der Waals surface area contributed by atoms with Gasteiger partial charge in [0.05, 0.1) is 24.3 Å². The van der Waals surface area contributed by atoms with E-state index in [9.17, 15) is 13.2 Å². The summed E-state index contributed by atoms with van der Waals surface area (Å²) in [6, 6.07) is 24.1. The topological polar surface area (TPSA) is 108 Å². The molecule has 2 heterocycles. The van der Waals surface area contributed by atoms with Crippen LogP contribution >= 0.6 is 0 Å². The molecular weight excluding hydrogens is 552 g/mol. The van der Waals surface area contributed by atoms with Crippen molar-refractivity contribution in [2.45, 2.75) is 32.8 Å². The van der Waals surface area contributed by atoms with Crippen molar-refractivity contribution in [1.82, 2.24) is 4.98 Å². The molecule has 0 atom stereocenters. The smallest absolute Gasteiger partial charge is 0.344 e. The largest absolute Gasteiger partial charge is 0.496 e. The number of rotatable bonds is 8. The molecule has 0 fully saturated rings. The van der Waals surface area contributed by atoms with Crippen LogP contribution in [0.1, 0.15) is 31.9 Å². The lowest BCUT2D eigenvalue weighted by molar-refractivity contribution is 0.295. The molecule has 0 aliphatic heterocycles. The molecule has 0 bridgehead atoms. The first kappa shape index (κ1) is 28.9. The first-order chi connectivity index (χ1) is 19.9. The summed E-state index contributed by atoms with van der Waals surface area (Å²) in [6.07, 6.45) is 2.74. The molecule has 5 rings (SSSR count). The second-order valence-corrected chi connectivity index (χ2v) is 12.8. The molecule has 42 heavy (non-hydrogen) atoms. The van der Waals surface area contributed by atoms with Crippen LogP contribution in [0.3, 0.4) is 0 Å². The molecule has 0 radical (unpaired) electrons. The molecule has 0 saturated carbocycles. The molecule has 0 aliphatic carbocycles. The van der Waals surface area contributed by atoms with Crippen molar-refractivity contribution in [3.8, 4) is 34.1 Å². The molecule has 0 unspecified atom stereocenters. The number of benzene rings is 3. The Balaban J connectivity index is 1.66. The van der Waals surface area contributed by atoms with Gasteiger partial charge in [-0.25, -0.2) is 18.2 Å². The molecule has 9 heteroatoms. The van der Waals surface area contributed by atoms with Crippen molar-refractivity contribution in [2.75, 3.05) is 18.1 Å². The van der Waals surface area contributed by atoms with Gasteiger partial charge >= 0.3 is 5.63 Å².